The lowest BCUT2D eigenvalue weighted by molar-refractivity contribution is 0.0526. The molecule has 0 atom stereocenters. The Morgan fingerprint density at radius 2 is 2.14 bits per heavy atom. The minimum atomic E-state index is -0.347. The van der Waals surface area contributed by atoms with Crippen LogP contribution in [-0.4, -0.2) is 17.6 Å². The molecule has 2 aromatic carbocycles. The van der Waals surface area contributed by atoms with Gasteiger partial charge in [-0.2, -0.15) is 0 Å². The van der Waals surface area contributed by atoms with Crippen molar-refractivity contribution in [1.82, 2.24) is 4.98 Å². The maximum atomic E-state index is 13.3. The fraction of sp³-hybridized carbons (Fsp3) is 0.125. The molecule has 5 heteroatoms. The number of nitrogens with zero attached hydrogens (tertiary/aromatic N) is 1. The van der Waals surface area contributed by atoms with Crippen molar-refractivity contribution >= 4 is 27.5 Å². The molecule has 0 aliphatic heterocycles. The van der Waals surface area contributed by atoms with E-state index >= 15 is 0 Å². The second-order valence-electron chi connectivity index (χ2n) is 4.43. The van der Waals surface area contributed by atoms with Crippen molar-refractivity contribution in [3.05, 3.63) is 53.8 Å². The Bertz CT molecular complexity index is 813. The van der Waals surface area contributed by atoms with Crippen LogP contribution in [0.3, 0.4) is 0 Å². The van der Waals surface area contributed by atoms with Crippen LogP contribution in [0.5, 0.6) is 0 Å². The molecule has 0 bridgehead atoms. The topological polar surface area (TPSA) is 39.2 Å². The Balaban J connectivity index is 2.02. The third-order valence-corrected chi connectivity index (χ3v) is 4.04. The molecule has 3 rings (SSSR count). The Morgan fingerprint density at radius 1 is 1.29 bits per heavy atom. The van der Waals surface area contributed by atoms with Crippen LogP contribution in [-0.2, 0) is 4.74 Å². The zero-order chi connectivity index (χ0) is 14.8. The molecule has 0 amide bonds. The number of esters is 1. The highest BCUT2D eigenvalue weighted by atomic mass is 32.1. The largest absolute Gasteiger partial charge is 0.462 e. The molecule has 3 aromatic rings. The average Bonchev–Trinajstić information content (AvgIpc) is 2.90. The molecule has 1 aromatic heterocycles. The van der Waals surface area contributed by atoms with Gasteiger partial charge in [-0.3, -0.25) is 0 Å². The van der Waals surface area contributed by atoms with Crippen molar-refractivity contribution < 1.29 is 13.9 Å². The van der Waals surface area contributed by atoms with Gasteiger partial charge in [0.05, 0.1) is 22.4 Å². The zero-order valence-corrected chi connectivity index (χ0v) is 12.1. The number of carbonyl (C=O) groups is 1. The number of thiazole rings is 1. The van der Waals surface area contributed by atoms with Crippen molar-refractivity contribution in [1.29, 1.82) is 0 Å². The van der Waals surface area contributed by atoms with Crippen LogP contribution in [0.25, 0.3) is 20.8 Å². The van der Waals surface area contributed by atoms with Crippen molar-refractivity contribution in [2.75, 3.05) is 6.61 Å². The molecule has 0 saturated carbocycles. The molecule has 0 N–H and O–H groups in total. The number of hydrogen-bond acceptors (Lipinski definition) is 4. The summed E-state index contributed by atoms with van der Waals surface area (Å²) in [6.07, 6.45) is 0. The van der Waals surface area contributed by atoms with E-state index in [-0.39, 0.29) is 11.8 Å². The quantitative estimate of drug-likeness (QED) is 0.678. The summed E-state index contributed by atoms with van der Waals surface area (Å²) in [5, 5.41) is 0.727. The van der Waals surface area contributed by atoms with Crippen molar-refractivity contribution in [2.45, 2.75) is 6.92 Å². The Kier molecular flexibility index (Phi) is 3.66. The molecule has 0 aliphatic carbocycles. The van der Waals surface area contributed by atoms with Crippen LogP contribution in [0, 0.1) is 5.82 Å². The number of carbonyl (C=O) groups excluding carboxylic acids is 1. The molecule has 3 nitrogen and oxygen atoms in total. The molecular formula is C16H12FNO2S. The zero-order valence-electron chi connectivity index (χ0n) is 11.3. The predicted molar refractivity (Wildman–Crippen MR) is 81.0 cm³/mol. The molecule has 1 heterocycles. The number of halogens is 1. The minimum Gasteiger partial charge on any atom is -0.462 e. The molecule has 106 valence electrons. The fourth-order valence-electron chi connectivity index (χ4n) is 2.01. The second kappa shape index (κ2) is 5.61. The van der Waals surface area contributed by atoms with E-state index in [2.05, 4.69) is 4.98 Å². The van der Waals surface area contributed by atoms with E-state index in [1.165, 1.54) is 23.5 Å². The van der Waals surface area contributed by atoms with Crippen molar-refractivity contribution in [2.24, 2.45) is 0 Å². The van der Waals surface area contributed by atoms with Crippen LogP contribution in [0.1, 0.15) is 17.3 Å². The van der Waals surface area contributed by atoms with E-state index in [4.69, 9.17) is 4.74 Å². The monoisotopic (exact) mass is 301 g/mol. The maximum absolute atomic E-state index is 13.3. The Morgan fingerprint density at radius 3 is 2.90 bits per heavy atom. The summed E-state index contributed by atoms with van der Waals surface area (Å²) >= 11 is 1.42. The summed E-state index contributed by atoms with van der Waals surface area (Å²) in [6.45, 7) is 2.11. The van der Waals surface area contributed by atoms with Gasteiger partial charge >= 0.3 is 5.97 Å². The molecule has 21 heavy (non-hydrogen) atoms. The van der Waals surface area contributed by atoms with Gasteiger partial charge in [0.25, 0.3) is 0 Å². The number of fused-ring (bicyclic) bond motifs is 1. The molecule has 0 aliphatic rings. The smallest absolute Gasteiger partial charge is 0.338 e. The predicted octanol–water partition coefficient (Wildman–Crippen LogP) is 4.28. The van der Waals surface area contributed by atoms with Gasteiger partial charge in [0.2, 0.25) is 0 Å². The van der Waals surface area contributed by atoms with E-state index in [0.29, 0.717) is 12.2 Å². The van der Waals surface area contributed by atoms with E-state index in [1.54, 1.807) is 31.2 Å². The normalized spacial score (nSPS) is 10.8. The number of aromatic nitrogens is 1. The lowest BCUT2D eigenvalue weighted by Gasteiger charge is -2.00. The first-order valence-corrected chi connectivity index (χ1v) is 7.32. The summed E-state index contributed by atoms with van der Waals surface area (Å²) in [6, 6.07) is 11.5. The van der Waals surface area contributed by atoms with Crippen molar-refractivity contribution in [3.8, 4) is 10.6 Å². The summed E-state index contributed by atoms with van der Waals surface area (Å²) in [7, 11) is 0. The van der Waals surface area contributed by atoms with Gasteiger partial charge in [-0.15, -0.1) is 11.3 Å². The summed E-state index contributed by atoms with van der Waals surface area (Å²) < 4.78 is 19.1. The first-order chi connectivity index (χ1) is 10.2. The summed E-state index contributed by atoms with van der Waals surface area (Å²) in [4.78, 5) is 16.2. The van der Waals surface area contributed by atoms with Gasteiger partial charge in [-0.1, -0.05) is 12.1 Å². The van der Waals surface area contributed by atoms with Gasteiger partial charge in [0.15, 0.2) is 0 Å². The number of benzene rings is 2. The van der Waals surface area contributed by atoms with Crippen LogP contribution in [0.2, 0.25) is 0 Å². The number of rotatable bonds is 3. The molecular weight excluding hydrogens is 289 g/mol. The van der Waals surface area contributed by atoms with Crippen LogP contribution in [0.15, 0.2) is 42.5 Å². The standard InChI is InChI=1S/C16H12FNO2S/c1-2-20-16(19)11-6-7-13-14(9-11)21-15(18-13)10-4-3-5-12(17)8-10/h3-9H,2H2,1H3. The third-order valence-electron chi connectivity index (χ3n) is 2.97. The highest BCUT2D eigenvalue weighted by molar-refractivity contribution is 7.21. The van der Waals surface area contributed by atoms with E-state index < -0.39 is 0 Å². The minimum absolute atomic E-state index is 0.293. The van der Waals surface area contributed by atoms with Gasteiger partial charge < -0.3 is 4.74 Å². The molecule has 0 saturated heterocycles. The van der Waals surface area contributed by atoms with Gasteiger partial charge in [-0.25, -0.2) is 14.2 Å². The maximum Gasteiger partial charge on any atom is 0.338 e. The molecule has 0 spiro atoms. The van der Waals surface area contributed by atoms with E-state index in [1.807, 2.05) is 6.07 Å². The number of hydrogen-bond donors (Lipinski definition) is 0. The third kappa shape index (κ3) is 2.78. The lowest BCUT2D eigenvalue weighted by atomic mass is 10.2. The second-order valence-corrected chi connectivity index (χ2v) is 5.46. The van der Waals surface area contributed by atoms with E-state index in [0.717, 1.165) is 20.8 Å². The van der Waals surface area contributed by atoms with Crippen LogP contribution >= 0.6 is 11.3 Å². The van der Waals surface area contributed by atoms with E-state index in [9.17, 15) is 9.18 Å². The highest BCUT2D eigenvalue weighted by Gasteiger charge is 2.11. The van der Waals surface area contributed by atoms with Crippen LogP contribution in [0.4, 0.5) is 4.39 Å². The first-order valence-electron chi connectivity index (χ1n) is 6.51. The Labute approximate surface area is 125 Å². The van der Waals surface area contributed by atoms with Crippen molar-refractivity contribution in [3.63, 3.8) is 0 Å². The molecule has 0 radical (unpaired) electrons. The fourth-order valence-corrected chi connectivity index (χ4v) is 3.01. The lowest BCUT2D eigenvalue weighted by Crippen LogP contribution is -2.03. The van der Waals surface area contributed by atoms with Gasteiger partial charge in [0.1, 0.15) is 10.8 Å². The van der Waals surface area contributed by atoms with Gasteiger partial charge in [-0.05, 0) is 37.3 Å². The number of ether oxygens (including phenoxy) is 1. The highest BCUT2D eigenvalue weighted by Crippen LogP contribution is 2.31. The van der Waals surface area contributed by atoms with Crippen LogP contribution < -0.4 is 0 Å². The molecule has 0 fully saturated rings. The Hall–Kier alpha value is -2.27. The average molecular weight is 301 g/mol. The summed E-state index contributed by atoms with van der Waals surface area (Å²) in [5.41, 5.74) is 2.01. The SMILES string of the molecule is CCOC(=O)c1ccc2nc(-c3cccc(F)c3)sc2c1. The first kappa shape index (κ1) is 13.7. The molecule has 0 unspecified atom stereocenters. The van der Waals surface area contributed by atoms with Gasteiger partial charge in [0, 0.05) is 5.56 Å². The summed E-state index contributed by atoms with van der Waals surface area (Å²) in [5.74, 6) is -0.640.